The van der Waals surface area contributed by atoms with E-state index in [0.717, 1.165) is 0 Å². The van der Waals surface area contributed by atoms with Crippen LogP contribution >= 0.6 is 0 Å². The summed E-state index contributed by atoms with van der Waals surface area (Å²) in [5.74, 6) is -2.81. The Balaban J connectivity index is 3.65. The molecule has 0 aromatic carbocycles. The second kappa shape index (κ2) is 5.50. The second-order valence-corrected chi connectivity index (χ2v) is 1.90. The van der Waals surface area contributed by atoms with E-state index in [0.29, 0.717) is 0 Å². The number of carboxylic acid groups (broad SMARTS) is 1. The van der Waals surface area contributed by atoms with Crippen LogP contribution in [0.25, 0.3) is 0 Å². The van der Waals surface area contributed by atoms with Crippen LogP contribution in [-0.2, 0) is 19.1 Å². The maximum Gasteiger partial charge on any atom is 0.346 e. The van der Waals surface area contributed by atoms with Crippen LogP contribution in [0.2, 0.25) is 0 Å². The number of carbonyl (C=O) groups is 2. The largest absolute Gasteiger partial charge is 0.479 e. The molecule has 0 aliphatic carbocycles. The third-order valence-electron chi connectivity index (χ3n) is 0.989. The molecule has 0 aromatic rings. The van der Waals surface area contributed by atoms with Crippen LogP contribution in [0.4, 0.5) is 0 Å². The number of rotatable bonds is 5. The zero-order valence-electron chi connectivity index (χ0n) is 6.52. The number of aliphatic hydroxyl groups excluding tert-OH is 1. The zero-order valence-corrected chi connectivity index (χ0v) is 6.52. The van der Waals surface area contributed by atoms with Crippen molar-refractivity contribution < 1.29 is 29.3 Å². The van der Waals surface area contributed by atoms with Crippen molar-refractivity contribution in [1.29, 1.82) is 0 Å². The number of methoxy groups -OCH3 is 1. The summed E-state index contributed by atoms with van der Waals surface area (Å²) in [5.41, 5.74) is 0. The van der Waals surface area contributed by atoms with Crippen molar-refractivity contribution in [2.24, 2.45) is 0 Å². The Kier molecular flexibility index (Phi) is 4.98. The molecule has 0 fully saturated rings. The van der Waals surface area contributed by atoms with Crippen molar-refractivity contribution in [3.63, 3.8) is 0 Å². The maximum absolute atomic E-state index is 10.6. The number of carboxylic acids is 1. The van der Waals surface area contributed by atoms with Crippen LogP contribution in [0.5, 0.6) is 0 Å². The molecular weight excluding hydrogens is 168 g/mol. The van der Waals surface area contributed by atoms with Crippen LogP contribution in [-0.4, -0.2) is 48.6 Å². The van der Waals surface area contributed by atoms with Gasteiger partial charge in [0.25, 0.3) is 0 Å². The van der Waals surface area contributed by atoms with Gasteiger partial charge in [0.1, 0.15) is 6.61 Å². The molecule has 6 heteroatoms. The smallest absolute Gasteiger partial charge is 0.346 e. The van der Waals surface area contributed by atoms with Gasteiger partial charge in [-0.25, -0.2) is 9.59 Å². The highest BCUT2D eigenvalue weighted by Crippen LogP contribution is 1.88. The molecule has 0 amide bonds. The van der Waals surface area contributed by atoms with Gasteiger partial charge in [-0.2, -0.15) is 0 Å². The molecule has 0 saturated carbocycles. The fourth-order valence-electron chi connectivity index (χ4n) is 0.405. The first-order chi connectivity index (χ1) is 5.59. The Morgan fingerprint density at radius 1 is 1.42 bits per heavy atom. The summed E-state index contributed by atoms with van der Waals surface area (Å²) in [4.78, 5) is 20.5. The van der Waals surface area contributed by atoms with E-state index >= 15 is 0 Å². The van der Waals surface area contributed by atoms with E-state index in [1.54, 1.807) is 0 Å². The van der Waals surface area contributed by atoms with Gasteiger partial charge < -0.3 is 19.7 Å². The minimum Gasteiger partial charge on any atom is -0.479 e. The van der Waals surface area contributed by atoms with E-state index in [1.165, 1.54) is 7.11 Å². The van der Waals surface area contributed by atoms with Gasteiger partial charge >= 0.3 is 11.9 Å². The molecule has 0 rings (SSSR count). The third-order valence-corrected chi connectivity index (χ3v) is 0.989. The first-order valence-corrected chi connectivity index (χ1v) is 3.16. The number of ether oxygens (including phenoxy) is 2. The lowest BCUT2D eigenvalue weighted by molar-refractivity contribution is -0.166. The van der Waals surface area contributed by atoms with E-state index in [1.807, 2.05) is 0 Å². The van der Waals surface area contributed by atoms with Crippen LogP contribution in [0, 0.1) is 0 Å². The van der Waals surface area contributed by atoms with Gasteiger partial charge in [0.2, 0.25) is 6.10 Å². The van der Waals surface area contributed by atoms with Gasteiger partial charge in [0.05, 0.1) is 6.61 Å². The molecule has 0 radical (unpaired) electrons. The van der Waals surface area contributed by atoms with Crippen molar-refractivity contribution in [2.45, 2.75) is 6.10 Å². The molecule has 0 saturated heterocycles. The monoisotopic (exact) mass is 178 g/mol. The lowest BCUT2D eigenvalue weighted by Gasteiger charge is -2.05. The van der Waals surface area contributed by atoms with Crippen molar-refractivity contribution in [3.05, 3.63) is 0 Å². The fourth-order valence-corrected chi connectivity index (χ4v) is 0.405. The number of hydrogen-bond donors (Lipinski definition) is 2. The highest BCUT2D eigenvalue weighted by atomic mass is 16.6. The van der Waals surface area contributed by atoms with E-state index < -0.39 is 18.0 Å². The fraction of sp³-hybridized carbons (Fsp3) is 0.667. The summed E-state index contributed by atoms with van der Waals surface area (Å²) >= 11 is 0. The topological polar surface area (TPSA) is 93.1 Å². The van der Waals surface area contributed by atoms with Crippen molar-refractivity contribution >= 4 is 11.9 Å². The van der Waals surface area contributed by atoms with Crippen molar-refractivity contribution in [3.8, 4) is 0 Å². The van der Waals surface area contributed by atoms with Gasteiger partial charge in [-0.15, -0.1) is 0 Å². The second-order valence-electron chi connectivity index (χ2n) is 1.90. The third kappa shape index (κ3) is 3.89. The predicted molar refractivity (Wildman–Crippen MR) is 36.5 cm³/mol. The number of aliphatic carboxylic acids is 1. The summed E-state index contributed by atoms with van der Waals surface area (Å²) in [5, 5.41) is 16.7. The summed E-state index contributed by atoms with van der Waals surface area (Å²) < 4.78 is 8.84. The summed E-state index contributed by atoms with van der Waals surface area (Å²) in [7, 11) is 1.40. The molecule has 0 aliphatic heterocycles. The average molecular weight is 178 g/mol. The highest BCUT2D eigenvalue weighted by Gasteiger charge is 2.24. The molecule has 0 spiro atoms. The SMILES string of the molecule is COCCOC(=O)C(O)C(=O)O. The Hall–Kier alpha value is -1.14. The summed E-state index contributed by atoms with van der Waals surface area (Å²) in [6, 6.07) is 0. The number of carbonyl (C=O) groups excluding carboxylic acids is 1. The van der Waals surface area contributed by atoms with E-state index in [4.69, 9.17) is 10.2 Å². The summed E-state index contributed by atoms with van der Waals surface area (Å²) in [6.07, 6.45) is -2.11. The van der Waals surface area contributed by atoms with E-state index in [2.05, 4.69) is 9.47 Å². The van der Waals surface area contributed by atoms with Gasteiger partial charge in [-0.3, -0.25) is 0 Å². The van der Waals surface area contributed by atoms with Crippen molar-refractivity contribution in [2.75, 3.05) is 20.3 Å². The normalized spacial score (nSPS) is 12.2. The molecule has 70 valence electrons. The Morgan fingerprint density at radius 2 is 2.00 bits per heavy atom. The molecule has 0 bridgehead atoms. The van der Waals surface area contributed by atoms with Gasteiger partial charge in [0.15, 0.2) is 0 Å². The molecule has 6 nitrogen and oxygen atoms in total. The molecule has 2 N–H and O–H groups in total. The predicted octanol–water partition coefficient (Wildman–Crippen LogP) is -1.38. The Bertz CT molecular complexity index is 165. The lowest BCUT2D eigenvalue weighted by atomic mass is 10.4. The Labute approximate surface area is 68.7 Å². The van der Waals surface area contributed by atoms with Crippen molar-refractivity contribution in [1.82, 2.24) is 0 Å². The number of hydrogen-bond acceptors (Lipinski definition) is 5. The average Bonchev–Trinajstić information content (AvgIpc) is 2.03. The molecule has 0 heterocycles. The minimum absolute atomic E-state index is 0.0698. The quantitative estimate of drug-likeness (QED) is 0.306. The first-order valence-electron chi connectivity index (χ1n) is 3.16. The van der Waals surface area contributed by atoms with Gasteiger partial charge in [-0.1, -0.05) is 0 Å². The molecular formula is C6H10O6. The van der Waals surface area contributed by atoms with Gasteiger partial charge in [0, 0.05) is 7.11 Å². The number of aliphatic hydroxyl groups is 1. The van der Waals surface area contributed by atoms with Crippen LogP contribution in [0.1, 0.15) is 0 Å². The van der Waals surface area contributed by atoms with Gasteiger partial charge in [-0.05, 0) is 0 Å². The lowest BCUT2D eigenvalue weighted by Crippen LogP contribution is -2.31. The zero-order chi connectivity index (χ0) is 9.56. The molecule has 0 aromatic heterocycles. The van der Waals surface area contributed by atoms with E-state index in [-0.39, 0.29) is 13.2 Å². The maximum atomic E-state index is 10.6. The Morgan fingerprint density at radius 3 is 2.42 bits per heavy atom. The summed E-state index contributed by atoms with van der Waals surface area (Å²) in [6.45, 7) is 0.0950. The van der Waals surface area contributed by atoms with E-state index in [9.17, 15) is 9.59 Å². The van der Waals surface area contributed by atoms with Crippen LogP contribution < -0.4 is 0 Å². The first kappa shape index (κ1) is 10.9. The van der Waals surface area contributed by atoms with Crippen LogP contribution in [0.3, 0.4) is 0 Å². The number of esters is 1. The van der Waals surface area contributed by atoms with Crippen LogP contribution in [0.15, 0.2) is 0 Å². The molecule has 1 unspecified atom stereocenters. The standard InChI is InChI=1S/C6H10O6/c1-11-2-3-12-6(10)4(7)5(8)9/h4,7H,2-3H2,1H3,(H,8,9). The molecule has 0 aliphatic rings. The molecule has 12 heavy (non-hydrogen) atoms. The highest BCUT2D eigenvalue weighted by molar-refractivity contribution is 5.96. The minimum atomic E-state index is -2.11. The molecule has 1 atom stereocenters.